The summed E-state index contributed by atoms with van der Waals surface area (Å²) >= 11 is 19.6. The number of amides is 2. The van der Waals surface area contributed by atoms with Gasteiger partial charge in [-0.3, -0.25) is 13.9 Å². The fraction of sp³-hybridized carbons (Fsp3) is 0.297. The van der Waals surface area contributed by atoms with Crippen LogP contribution in [0.5, 0.6) is 17.2 Å². The van der Waals surface area contributed by atoms with E-state index in [-0.39, 0.29) is 56.2 Å². The number of sulfonamides is 1. The molecule has 0 aliphatic heterocycles. The number of rotatable bonds is 16. The molecule has 0 heterocycles. The third-order valence-corrected chi connectivity index (χ3v) is 11.0. The van der Waals surface area contributed by atoms with Gasteiger partial charge in [-0.2, -0.15) is 0 Å². The molecule has 0 fully saturated rings. The number of hydrogen-bond donors (Lipinski definition) is 1. The van der Waals surface area contributed by atoms with Crippen LogP contribution in [-0.2, 0) is 32.6 Å². The maximum Gasteiger partial charge on any atom is 0.265 e. The zero-order valence-corrected chi connectivity index (χ0v) is 31.9. The summed E-state index contributed by atoms with van der Waals surface area (Å²) in [5.41, 5.74) is 1.15. The van der Waals surface area contributed by atoms with E-state index >= 15 is 0 Å². The van der Waals surface area contributed by atoms with E-state index in [0.717, 1.165) is 9.87 Å². The smallest absolute Gasteiger partial charge is 0.265 e. The van der Waals surface area contributed by atoms with E-state index in [1.54, 1.807) is 18.2 Å². The SMILES string of the molecule is CC[C@H](C)NC(=O)[C@H](Cc1ccccc1)N(Cc1c(Cl)cccc1Cl)C(=O)CN(c1cc(Cl)ccc1OC)S(=O)(=O)c1ccc(OC)c(OC)c1. The van der Waals surface area contributed by atoms with Crippen molar-refractivity contribution in [2.24, 2.45) is 0 Å². The summed E-state index contributed by atoms with van der Waals surface area (Å²) < 4.78 is 46.4. The minimum absolute atomic E-state index is 0.00692. The lowest BCUT2D eigenvalue weighted by atomic mass is 10.0. The fourth-order valence-electron chi connectivity index (χ4n) is 5.32. The second kappa shape index (κ2) is 17.9. The Morgan fingerprint density at radius 2 is 1.43 bits per heavy atom. The van der Waals surface area contributed by atoms with Crippen molar-refractivity contribution in [2.45, 2.75) is 50.2 Å². The Morgan fingerprint density at radius 1 is 0.804 bits per heavy atom. The lowest BCUT2D eigenvalue weighted by molar-refractivity contribution is -0.140. The van der Waals surface area contributed by atoms with Crippen LogP contribution < -0.4 is 23.8 Å². The fourth-order valence-corrected chi connectivity index (χ4v) is 7.44. The summed E-state index contributed by atoms with van der Waals surface area (Å²) in [6.07, 6.45) is 0.750. The van der Waals surface area contributed by atoms with Crippen LogP contribution in [0.2, 0.25) is 15.1 Å². The standard InChI is InChI=1S/C37H40Cl3N3O7S/c1-6-24(2)41-37(45)32(19-25-11-8-7-9-12-25)42(22-28-29(39)13-10-14-30(28)40)36(44)23-43(31-20-26(38)15-17-33(31)48-3)51(46,47)27-16-18-34(49-4)35(21-27)50-5/h7-18,20-21,24,32H,6,19,22-23H2,1-5H3,(H,41,45)/t24-,32-/m0/s1. The molecule has 4 rings (SSSR count). The topological polar surface area (TPSA) is 114 Å². The highest BCUT2D eigenvalue weighted by Crippen LogP contribution is 2.37. The van der Waals surface area contributed by atoms with Gasteiger partial charge in [-0.1, -0.05) is 78.1 Å². The van der Waals surface area contributed by atoms with Crippen LogP contribution in [0.1, 0.15) is 31.4 Å². The molecule has 272 valence electrons. The molecule has 1 N–H and O–H groups in total. The Bertz CT molecular complexity index is 1930. The number of nitrogens with one attached hydrogen (secondary N) is 1. The number of hydrogen-bond acceptors (Lipinski definition) is 7. The summed E-state index contributed by atoms with van der Waals surface area (Å²) in [7, 11) is -0.369. The quantitative estimate of drug-likeness (QED) is 0.126. The normalized spacial score (nSPS) is 12.4. The number of anilines is 1. The van der Waals surface area contributed by atoms with Gasteiger partial charge in [0.05, 0.1) is 31.9 Å². The van der Waals surface area contributed by atoms with Gasteiger partial charge in [0.2, 0.25) is 11.8 Å². The van der Waals surface area contributed by atoms with Crippen LogP contribution in [0.25, 0.3) is 0 Å². The Kier molecular flexibility index (Phi) is 13.9. The minimum atomic E-state index is -4.55. The lowest BCUT2D eigenvalue weighted by Crippen LogP contribution is -2.54. The third-order valence-electron chi connectivity index (χ3n) is 8.29. The zero-order chi connectivity index (χ0) is 37.3. The number of carbonyl (C=O) groups excluding carboxylic acids is 2. The first-order valence-electron chi connectivity index (χ1n) is 16.0. The Balaban J connectivity index is 1.92. The van der Waals surface area contributed by atoms with Gasteiger partial charge >= 0.3 is 0 Å². The summed E-state index contributed by atoms with van der Waals surface area (Å²) in [5.74, 6) is -0.565. The molecule has 0 bridgehead atoms. The van der Waals surface area contributed by atoms with E-state index in [4.69, 9.17) is 49.0 Å². The molecular formula is C37H40Cl3N3O7S. The van der Waals surface area contributed by atoms with Gasteiger partial charge in [-0.05, 0) is 61.4 Å². The van der Waals surface area contributed by atoms with E-state index < -0.39 is 34.4 Å². The molecule has 10 nitrogen and oxygen atoms in total. The van der Waals surface area contributed by atoms with Gasteiger partial charge in [0.15, 0.2) is 11.5 Å². The Labute approximate surface area is 314 Å². The van der Waals surface area contributed by atoms with Crippen LogP contribution >= 0.6 is 34.8 Å². The predicted molar refractivity (Wildman–Crippen MR) is 201 cm³/mol. The van der Waals surface area contributed by atoms with E-state index in [1.807, 2.05) is 44.2 Å². The zero-order valence-electron chi connectivity index (χ0n) is 28.9. The number of methoxy groups -OCH3 is 3. The molecule has 0 aromatic heterocycles. The van der Waals surface area contributed by atoms with Gasteiger partial charge in [0.1, 0.15) is 18.3 Å². The molecule has 4 aromatic carbocycles. The van der Waals surface area contributed by atoms with E-state index in [9.17, 15) is 18.0 Å². The molecule has 14 heteroatoms. The first-order chi connectivity index (χ1) is 24.3. The van der Waals surface area contributed by atoms with Crippen molar-refractivity contribution < 1.29 is 32.2 Å². The third kappa shape index (κ3) is 9.59. The number of ether oxygens (including phenoxy) is 3. The minimum Gasteiger partial charge on any atom is -0.495 e. The monoisotopic (exact) mass is 775 g/mol. The maximum atomic E-state index is 14.9. The van der Waals surface area contributed by atoms with Gasteiger partial charge in [-0.25, -0.2) is 8.42 Å². The number of halogens is 3. The van der Waals surface area contributed by atoms with E-state index in [0.29, 0.717) is 17.7 Å². The molecule has 2 atom stereocenters. The van der Waals surface area contributed by atoms with E-state index in [2.05, 4.69) is 5.32 Å². The lowest BCUT2D eigenvalue weighted by Gasteiger charge is -2.35. The first-order valence-corrected chi connectivity index (χ1v) is 18.6. The first kappa shape index (κ1) is 39.6. The van der Waals surface area contributed by atoms with Crippen molar-refractivity contribution in [1.82, 2.24) is 10.2 Å². The Hall–Kier alpha value is -4.16. The number of carbonyl (C=O) groups is 2. The molecule has 0 saturated heterocycles. The van der Waals surface area contributed by atoms with Gasteiger partial charge in [0, 0.05) is 45.7 Å². The van der Waals surface area contributed by atoms with E-state index in [1.165, 1.54) is 62.6 Å². The van der Waals surface area contributed by atoms with Crippen molar-refractivity contribution in [1.29, 1.82) is 0 Å². The molecule has 0 saturated carbocycles. The summed E-state index contributed by atoms with van der Waals surface area (Å²) in [5, 5.41) is 3.73. The Morgan fingerprint density at radius 3 is 2.04 bits per heavy atom. The molecule has 0 aliphatic rings. The highest BCUT2D eigenvalue weighted by atomic mass is 35.5. The highest BCUT2D eigenvalue weighted by Gasteiger charge is 2.37. The molecule has 0 aliphatic carbocycles. The summed E-state index contributed by atoms with van der Waals surface area (Å²) in [6, 6.07) is 21.3. The molecular weight excluding hydrogens is 737 g/mol. The van der Waals surface area contributed by atoms with Crippen molar-refractivity contribution in [3.8, 4) is 17.2 Å². The predicted octanol–water partition coefficient (Wildman–Crippen LogP) is 7.42. The van der Waals surface area contributed by atoms with Crippen molar-refractivity contribution in [2.75, 3.05) is 32.2 Å². The van der Waals surface area contributed by atoms with Crippen LogP contribution in [0, 0.1) is 0 Å². The highest BCUT2D eigenvalue weighted by molar-refractivity contribution is 7.92. The van der Waals surface area contributed by atoms with Crippen molar-refractivity contribution in [3.05, 3.63) is 111 Å². The maximum absolute atomic E-state index is 14.9. The second-order valence-corrected chi connectivity index (χ2v) is 14.7. The van der Waals surface area contributed by atoms with Crippen molar-refractivity contribution in [3.63, 3.8) is 0 Å². The summed E-state index contributed by atoms with van der Waals surface area (Å²) in [6.45, 7) is 2.81. The number of nitrogens with zero attached hydrogens (tertiary/aromatic N) is 2. The van der Waals surface area contributed by atoms with Crippen LogP contribution in [0.15, 0.2) is 89.8 Å². The molecule has 0 spiro atoms. The second-order valence-electron chi connectivity index (χ2n) is 11.6. The average Bonchev–Trinajstić information content (AvgIpc) is 3.12. The van der Waals surface area contributed by atoms with Crippen LogP contribution in [0.4, 0.5) is 5.69 Å². The molecule has 51 heavy (non-hydrogen) atoms. The van der Waals surface area contributed by atoms with Gasteiger partial charge in [-0.15, -0.1) is 0 Å². The summed E-state index contributed by atoms with van der Waals surface area (Å²) in [4.78, 5) is 30.1. The largest absolute Gasteiger partial charge is 0.495 e. The molecule has 2 amide bonds. The van der Waals surface area contributed by atoms with Crippen LogP contribution in [-0.4, -0.2) is 65.1 Å². The van der Waals surface area contributed by atoms with Crippen LogP contribution in [0.3, 0.4) is 0 Å². The molecule has 4 aromatic rings. The van der Waals surface area contributed by atoms with Crippen molar-refractivity contribution >= 4 is 62.3 Å². The van der Waals surface area contributed by atoms with Gasteiger partial charge < -0.3 is 24.4 Å². The average molecular weight is 777 g/mol. The number of benzene rings is 4. The molecule has 0 radical (unpaired) electrons. The molecule has 0 unspecified atom stereocenters. The van der Waals surface area contributed by atoms with Gasteiger partial charge in [0.25, 0.3) is 10.0 Å².